The minimum absolute atomic E-state index is 0.000950. The van der Waals surface area contributed by atoms with E-state index in [1.807, 2.05) is 0 Å². The van der Waals surface area contributed by atoms with Gasteiger partial charge in [-0.15, -0.1) is 0 Å². The van der Waals surface area contributed by atoms with Crippen LogP contribution in [0.25, 0.3) is 0 Å². The summed E-state index contributed by atoms with van der Waals surface area (Å²) >= 11 is 0. The molecule has 21 heavy (non-hydrogen) atoms. The Bertz CT molecular complexity index is 506. The van der Waals surface area contributed by atoms with Gasteiger partial charge in [-0.2, -0.15) is 0 Å². The molecule has 1 fully saturated rings. The van der Waals surface area contributed by atoms with E-state index in [1.165, 1.54) is 0 Å². The quantitative estimate of drug-likeness (QED) is 0.878. The predicted molar refractivity (Wildman–Crippen MR) is 77.1 cm³/mol. The van der Waals surface area contributed by atoms with Crippen LogP contribution in [0.15, 0.2) is 12.1 Å². The molecule has 2 rings (SSSR count). The fourth-order valence-corrected chi connectivity index (χ4v) is 2.87. The minimum Gasteiger partial charge on any atom is -0.496 e. The lowest BCUT2D eigenvalue weighted by molar-refractivity contribution is -0.128. The van der Waals surface area contributed by atoms with Gasteiger partial charge in [0.05, 0.1) is 34.0 Å². The zero-order valence-corrected chi connectivity index (χ0v) is 12.8. The molecule has 1 aliphatic rings. The van der Waals surface area contributed by atoms with Crippen molar-refractivity contribution in [1.82, 2.24) is 4.90 Å². The molecule has 2 atom stereocenters. The fraction of sp³-hybridized carbons (Fsp3) is 0.533. The number of amides is 1. The Balaban J connectivity index is 2.54. The van der Waals surface area contributed by atoms with Crippen LogP contribution in [-0.2, 0) is 4.79 Å². The molecule has 6 nitrogen and oxygen atoms in total. The number of ether oxygens (including phenoxy) is 3. The van der Waals surface area contributed by atoms with Crippen LogP contribution in [0.1, 0.15) is 17.9 Å². The standard InChI is InChI=1S/C15H21NO5/c1-16-11(8-17)10(7-14(16)18)15-12(20-3)5-9(19-2)6-13(15)21-4/h5-6,10-11,17H,7-8H2,1-4H3/t10-,11+/m0/s1. The molecule has 0 aliphatic carbocycles. The lowest BCUT2D eigenvalue weighted by atomic mass is 9.90. The van der Waals surface area contributed by atoms with Gasteiger partial charge in [0, 0.05) is 37.1 Å². The number of aliphatic hydroxyl groups is 1. The van der Waals surface area contributed by atoms with E-state index in [1.54, 1.807) is 45.4 Å². The van der Waals surface area contributed by atoms with Crippen molar-refractivity contribution in [2.45, 2.75) is 18.4 Å². The van der Waals surface area contributed by atoms with E-state index in [-0.39, 0.29) is 24.5 Å². The van der Waals surface area contributed by atoms with Crippen LogP contribution < -0.4 is 14.2 Å². The maximum absolute atomic E-state index is 12.0. The minimum atomic E-state index is -0.284. The normalized spacial score (nSPS) is 21.6. The Kier molecular flexibility index (Phi) is 4.57. The summed E-state index contributed by atoms with van der Waals surface area (Å²) in [6.07, 6.45) is 0.320. The van der Waals surface area contributed by atoms with Crippen molar-refractivity contribution < 1.29 is 24.1 Å². The zero-order valence-electron chi connectivity index (χ0n) is 12.8. The zero-order chi connectivity index (χ0) is 15.6. The molecule has 0 radical (unpaired) electrons. The van der Waals surface area contributed by atoms with E-state index in [2.05, 4.69) is 0 Å². The Hall–Kier alpha value is -1.95. The highest BCUT2D eigenvalue weighted by molar-refractivity contribution is 5.81. The molecular formula is C15H21NO5. The highest BCUT2D eigenvalue weighted by atomic mass is 16.5. The van der Waals surface area contributed by atoms with Gasteiger partial charge in [-0.25, -0.2) is 0 Å². The van der Waals surface area contributed by atoms with Crippen LogP contribution >= 0.6 is 0 Å². The molecule has 1 saturated heterocycles. The number of hydrogen-bond donors (Lipinski definition) is 1. The molecule has 0 saturated carbocycles. The second-order valence-corrected chi connectivity index (χ2v) is 5.01. The van der Waals surface area contributed by atoms with Gasteiger partial charge in [0.25, 0.3) is 0 Å². The van der Waals surface area contributed by atoms with Crippen molar-refractivity contribution in [2.75, 3.05) is 35.0 Å². The smallest absolute Gasteiger partial charge is 0.223 e. The van der Waals surface area contributed by atoms with Crippen LogP contribution in [0.3, 0.4) is 0 Å². The molecule has 1 heterocycles. The predicted octanol–water partition coefficient (Wildman–Crippen LogP) is 1.02. The number of hydrogen-bond acceptors (Lipinski definition) is 5. The molecule has 0 bridgehead atoms. The lowest BCUT2D eigenvalue weighted by Crippen LogP contribution is -2.34. The van der Waals surface area contributed by atoms with Crippen LogP contribution in [0.2, 0.25) is 0 Å². The lowest BCUT2D eigenvalue weighted by Gasteiger charge is -2.25. The van der Waals surface area contributed by atoms with E-state index < -0.39 is 0 Å². The van der Waals surface area contributed by atoms with Gasteiger partial charge >= 0.3 is 0 Å². The largest absolute Gasteiger partial charge is 0.496 e. The second kappa shape index (κ2) is 6.22. The number of nitrogens with zero attached hydrogens (tertiary/aromatic N) is 1. The molecule has 1 aromatic rings. The van der Waals surface area contributed by atoms with Gasteiger partial charge < -0.3 is 24.2 Å². The number of likely N-dealkylation sites (N-methyl/N-ethyl adjacent to an activating group) is 1. The molecular weight excluding hydrogens is 274 g/mol. The van der Waals surface area contributed by atoms with Crippen LogP contribution in [-0.4, -0.2) is 56.9 Å². The van der Waals surface area contributed by atoms with E-state index in [0.717, 1.165) is 5.56 Å². The van der Waals surface area contributed by atoms with Crippen molar-refractivity contribution in [3.05, 3.63) is 17.7 Å². The molecule has 1 aromatic carbocycles. The first-order valence-corrected chi connectivity index (χ1v) is 6.73. The number of benzene rings is 1. The summed E-state index contributed by atoms with van der Waals surface area (Å²) in [5.74, 6) is 1.63. The van der Waals surface area contributed by atoms with Gasteiger partial charge in [0.15, 0.2) is 0 Å². The maximum Gasteiger partial charge on any atom is 0.223 e. The van der Waals surface area contributed by atoms with Crippen molar-refractivity contribution in [3.8, 4) is 17.2 Å². The topological polar surface area (TPSA) is 68.2 Å². The van der Waals surface area contributed by atoms with E-state index in [0.29, 0.717) is 23.7 Å². The number of methoxy groups -OCH3 is 3. The summed E-state index contributed by atoms with van der Waals surface area (Å²) in [5.41, 5.74) is 0.789. The van der Waals surface area contributed by atoms with Crippen LogP contribution in [0.4, 0.5) is 0 Å². The molecule has 0 spiro atoms. The average Bonchev–Trinajstić information content (AvgIpc) is 2.80. The Morgan fingerprint density at radius 3 is 2.19 bits per heavy atom. The third-order valence-electron chi connectivity index (χ3n) is 4.06. The maximum atomic E-state index is 12.0. The SMILES string of the molecule is COc1cc(OC)c([C@H]2CC(=O)N(C)[C@@H]2CO)c(OC)c1. The molecule has 116 valence electrons. The fourth-order valence-electron chi connectivity index (χ4n) is 2.87. The van der Waals surface area contributed by atoms with Gasteiger partial charge in [-0.3, -0.25) is 4.79 Å². The molecule has 1 aliphatic heterocycles. The van der Waals surface area contributed by atoms with Crippen molar-refractivity contribution in [2.24, 2.45) is 0 Å². The number of carbonyl (C=O) groups excluding carboxylic acids is 1. The Morgan fingerprint density at radius 2 is 1.76 bits per heavy atom. The Labute approximate surface area is 124 Å². The number of rotatable bonds is 5. The number of carbonyl (C=O) groups is 1. The second-order valence-electron chi connectivity index (χ2n) is 5.01. The van der Waals surface area contributed by atoms with E-state index >= 15 is 0 Å². The first kappa shape index (κ1) is 15.4. The molecule has 6 heteroatoms. The average molecular weight is 295 g/mol. The number of likely N-dealkylation sites (tertiary alicyclic amines) is 1. The van der Waals surface area contributed by atoms with Crippen molar-refractivity contribution in [3.63, 3.8) is 0 Å². The van der Waals surface area contributed by atoms with Gasteiger partial charge in [0.1, 0.15) is 17.2 Å². The summed E-state index contributed by atoms with van der Waals surface area (Å²) in [6.45, 7) is -0.106. The molecule has 0 unspecified atom stereocenters. The van der Waals surface area contributed by atoms with Gasteiger partial charge in [-0.05, 0) is 0 Å². The van der Waals surface area contributed by atoms with Crippen LogP contribution in [0, 0.1) is 0 Å². The summed E-state index contributed by atoms with van der Waals surface area (Å²) in [6, 6.07) is 3.23. The third-order valence-corrected chi connectivity index (χ3v) is 4.06. The molecule has 1 amide bonds. The Morgan fingerprint density at radius 1 is 1.19 bits per heavy atom. The first-order chi connectivity index (χ1) is 10.1. The monoisotopic (exact) mass is 295 g/mol. The van der Waals surface area contributed by atoms with Crippen LogP contribution in [0.5, 0.6) is 17.2 Å². The molecule has 1 N–H and O–H groups in total. The summed E-state index contributed by atoms with van der Waals surface area (Å²) in [5, 5.41) is 9.61. The highest BCUT2D eigenvalue weighted by Gasteiger charge is 2.41. The summed E-state index contributed by atoms with van der Waals surface area (Å²) in [7, 11) is 6.39. The highest BCUT2D eigenvalue weighted by Crippen LogP contribution is 2.45. The first-order valence-electron chi connectivity index (χ1n) is 6.73. The number of aliphatic hydroxyl groups excluding tert-OH is 1. The van der Waals surface area contributed by atoms with Crippen molar-refractivity contribution in [1.29, 1.82) is 0 Å². The van der Waals surface area contributed by atoms with E-state index in [4.69, 9.17) is 14.2 Å². The third kappa shape index (κ3) is 2.63. The van der Waals surface area contributed by atoms with Gasteiger partial charge in [-0.1, -0.05) is 0 Å². The van der Waals surface area contributed by atoms with Crippen molar-refractivity contribution >= 4 is 5.91 Å². The van der Waals surface area contributed by atoms with E-state index in [9.17, 15) is 9.90 Å². The van der Waals surface area contributed by atoms with Gasteiger partial charge in [0.2, 0.25) is 5.91 Å². The molecule has 0 aromatic heterocycles. The summed E-state index contributed by atoms with van der Waals surface area (Å²) in [4.78, 5) is 13.5. The summed E-state index contributed by atoms with van der Waals surface area (Å²) < 4.78 is 16.1.